The maximum atomic E-state index is 10.7. The molecule has 0 bridgehead atoms. The number of rotatable bonds is 1. The van der Waals surface area contributed by atoms with Gasteiger partial charge in [-0.3, -0.25) is 4.79 Å². The number of hydrogen-bond donors (Lipinski definition) is 0. The summed E-state index contributed by atoms with van der Waals surface area (Å²) in [5.74, 6) is 0.208. The molecule has 0 radical (unpaired) electrons. The molecular weight excluding hydrogens is 183 g/mol. The van der Waals surface area contributed by atoms with Crippen molar-refractivity contribution in [2.75, 3.05) is 6.54 Å². The van der Waals surface area contributed by atoms with Gasteiger partial charge in [0.15, 0.2) is 0 Å². The molecule has 1 heterocycles. The summed E-state index contributed by atoms with van der Waals surface area (Å²) >= 11 is 0. The van der Waals surface area contributed by atoms with E-state index in [-0.39, 0.29) is 30.9 Å². The summed E-state index contributed by atoms with van der Waals surface area (Å²) in [6.07, 6.45) is 3.28. The second kappa shape index (κ2) is 5.57. The minimum Gasteiger partial charge on any atom is -2.00 e. The number of carbonyl (C=O) groups excluding carboxylic acids is 1. The van der Waals surface area contributed by atoms with E-state index in [4.69, 9.17) is 0 Å². The van der Waals surface area contributed by atoms with E-state index in [2.05, 4.69) is 6.58 Å². The fourth-order valence-corrected chi connectivity index (χ4v) is 0.862. The Kier molecular flexibility index (Phi) is 6.94. The van der Waals surface area contributed by atoms with Gasteiger partial charge in [-0.25, -0.2) is 0 Å². The van der Waals surface area contributed by atoms with Crippen molar-refractivity contribution in [3.05, 3.63) is 12.8 Å². The number of carbonyl (C=O) groups is 1. The Morgan fingerprint density at radius 1 is 1.60 bits per heavy atom. The van der Waals surface area contributed by atoms with E-state index in [0.29, 0.717) is 6.42 Å². The third-order valence-corrected chi connectivity index (χ3v) is 1.33. The third kappa shape index (κ3) is 2.59. The molecule has 1 saturated heterocycles. The molecule has 0 N–H and O–H groups in total. The molecule has 1 amide bonds. The van der Waals surface area contributed by atoms with Crippen LogP contribution in [0.15, 0.2) is 12.8 Å². The average Bonchev–Trinajstić information content (AvgIpc) is 2.14. The summed E-state index contributed by atoms with van der Waals surface area (Å²) in [5, 5.41) is 0. The molecule has 0 unspecified atom stereocenters. The zero-order valence-electron chi connectivity index (χ0n) is 5.88. The van der Waals surface area contributed by atoms with Crippen LogP contribution in [-0.2, 0) is 29.7 Å². The average molecular weight is 193 g/mol. The van der Waals surface area contributed by atoms with Gasteiger partial charge in [0, 0.05) is 13.0 Å². The molecule has 0 aromatic rings. The van der Waals surface area contributed by atoms with Crippen molar-refractivity contribution in [3.8, 4) is 0 Å². The zero-order chi connectivity index (χ0) is 5.98. The topological polar surface area (TPSA) is 48.8 Å². The Labute approximate surface area is 73.2 Å². The van der Waals surface area contributed by atoms with Crippen molar-refractivity contribution in [2.45, 2.75) is 12.8 Å². The Hall–Kier alpha value is -0.207. The van der Waals surface area contributed by atoms with Crippen molar-refractivity contribution >= 4 is 5.91 Å². The van der Waals surface area contributed by atoms with Crippen molar-refractivity contribution in [3.63, 3.8) is 0 Å². The second-order valence-electron chi connectivity index (χ2n) is 1.87. The maximum absolute atomic E-state index is 10.7. The molecule has 0 atom stereocenters. The molecule has 1 fully saturated rings. The van der Waals surface area contributed by atoms with E-state index in [0.717, 1.165) is 13.0 Å². The number of hydrogen-bond acceptors (Lipinski definition) is 1. The van der Waals surface area contributed by atoms with Gasteiger partial charge >= 0.3 is 19.5 Å². The molecule has 0 aromatic carbocycles. The van der Waals surface area contributed by atoms with Gasteiger partial charge in [0.1, 0.15) is 0 Å². The Balaban J connectivity index is 0. The Morgan fingerprint density at radius 3 is 2.40 bits per heavy atom. The molecule has 0 aliphatic carbocycles. The normalized spacial score (nSPS) is 15.6. The van der Waals surface area contributed by atoms with E-state index in [1.807, 2.05) is 0 Å². The second-order valence-corrected chi connectivity index (χ2v) is 1.87. The van der Waals surface area contributed by atoms with E-state index in [1.54, 1.807) is 11.1 Å². The van der Waals surface area contributed by atoms with Gasteiger partial charge < -0.3 is 10.4 Å². The van der Waals surface area contributed by atoms with Crippen molar-refractivity contribution in [1.82, 2.24) is 4.90 Å². The first kappa shape index (κ1) is 12.5. The van der Waals surface area contributed by atoms with Gasteiger partial charge in [0.25, 0.3) is 0 Å². The van der Waals surface area contributed by atoms with Gasteiger partial charge in [-0.2, -0.15) is 0 Å². The third-order valence-electron chi connectivity index (χ3n) is 1.33. The van der Waals surface area contributed by atoms with Crippen LogP contribution < -0.4 is 0 Å². The summed E-state index contributed by atoms with van der Waals surface area (Å²) in [6, 6.07) is 0. The standard InChI is InChI=1S/C6H9NO.O.Zn/c1-2-7-5-3-4-6(7)8;;/h2H,1,3-5H2;;/q;-2;+2. The van der Waals surface area contributed by atoms with Crippen molar-refractivity contribution < 1.29 is 29.7 Å². The molecule has 1 aliphatic heterocycles. The quantitative estimate of drug-likeness (QED) is 0.562. The molecule has 0 aromatic heterocycles. The first-order chi connectivity index (χ1) is 3.84. The molecular formula is C6H9NO2Zn. The molecule has 0 saturated carbocycles. The SMILES string of the molecule is C=CN1CCCC1=O.[O-2].[Zn+2]. The Morgan fingerprint density at radius 2 is 2.20 bits per heavy atom. The molecule has 4 heteroatoms. The van der Waals surface area contributed by atoms with E-state index < -0.39 is 0 Å². The van der Waals surface area contributed by atoms with Crippen LogP contribution in [0.3, 0.4) is 0 Å². The summed E-state index contributed by atoms with van der Waals surface area (Å²) in [5.41, 5.74) is 0. The predicted molar refractivity (Wildman–Crippen MR) is 31.8 cm³/mol. The Bertz CT molecular complexity index is 127. The van der Waals surface area contributed by atoms with Crippen LogP contribution >= 0.6 is 0 Å². The molecule has 3 nitrogen and oxygen atoms in total. The van der Waals surface area contributed by atoms with Gasteiger partial charge in [0.2, 0.25) is 5.91 Å². The molecule has 10 heavy (non-hydrogen) atoms. The molecule has 1 rings (SSSR count). The first-order valence-electron chi connectivity index (χ1n) is 2.76. The van der Waals surface area contributed by atoms with Crippen LogP contribution in [0, 0.1) is 0 Å². The summed E-state index contributed by atoms with van der Waals surface area (Å²) < 4.78 is 0. The summed E-state index contributed by atoms with van der Waals surface area (Å²) in [6.45, 7) is 4.36. The van der Waals surface area contributed by atoms with Gasteiger partial charge in [0.05, 0.1) is 0 Å². The molecule has 1 aliphatic rings. The number of likely N-dealkylation sites (tertiary alicyclic amines) is 1. The van der Waals surface area contributed by atoms with E-state index in [9.17, 15) is 4.79 Å². The van der Waals surface area contributed by atoms with E-state index >= 15 is 0 Å². The fourth-order valence-electron chi connectivity index (χ4n) is 0.862. The summed E-state index contributed by atoms with van der Waals surface area (Å²) in [7, 11) is 0. The number of amides is 1. The summed E-state index contributed by atoms with van der Waals surface area (Å²) in [4.78, 5) is 12.3. The number of nitrogens with zero attached hydrogens (tertiary/aromatic N) is 1. The largest absolute Gasteiger partial charge is 2.00 e. The van der Waals surface area contributed by atoms with Crippen molar-refractivity contribution in [2.24, 2.45) is 0 Å². The molecule has 0 spiro atoms. The van der Waals surface area contributed by atoms with Crippen LogP contribution in [-0.4, -0.2) is 17.4 Å². The minimum absolute atomic E-state index is 0. The first-order valence-corrected chi connectivity index (χ1v) is 2.76. The smallest absolute Gasteiger partial charge is 2.00 e. The molecule has 52 valence electrons. The van der Waals surface area contributed by atoms with E-state index in [1.165, 1.54) is 0 Å². The van der Waals surface area contributed by atoms with Gasteiger partial charge in [-0.1, -0.05) is 6.58 Å². The van der Waals surface area contributed by atoms with Crippen LogP contribution in [0.25, 0.3) is 0 Å². The zero-order valence-corrected chi connectivity index (χ0v) is 8.84. The van der Waals surface area contributed by atoms with Gasteiger partial charge in [-0.05, 0) is 12.6 Å². The fraction of sp³-hybridized carbons (Fsp3) is 0.500. The monoisotopic (exact) mass is 191 g/mol. The van der Waals surface area contributed by atoms with Crippen LogP contribution in [0.5, 0.6) is 0 Å². The van der Waals surface area contributed by atoms with Crippen LogP contribution in [0.1, 0.15) is 12.8 Å². The maximum Gasteiger partial charge on any atom is 2.00 e. The van der Waals surface area contributed by atoms with Crippen LogP contribution in [0.2, 0.25) is 0 Å². The minimum atomic E-state index is 0. The van der Waals surface area contributed by atoms with Crippen molar-refractivity contribution in [1.29, 1.82) is 0 Å². The van der Waals surface area contributed by atoms with Crippen LogP contribution in [0.4, 0.5) is 0 Å². The predicted octanol–water partition coefficient (Wildman–Crippen LogP) is 0.631. The van der Waals surface area contributed by atoms with Gasteiger partial charge in [-0.15, -0.1) is 0 Å².